The number of para-hydroxylation sites is 2. The molecular weight excluding hydrogens is 821 g/mol. The van der Waals surface area contributed by atoms with Crippen molar-refractivity contribution in [1.29, 1.82) is 0 Å². The summed E-state index contributed by atoms with van der Waals surface area (Å²) >= 11 is 0. The first-order valence-corrected chi connectivity index (χ1v) is 23.8. The molecule has 12 aromatic rings. The summed E-state index contributed by atoms with van der Waals surface area (Å²) in [6, 6.07) is 92.4. The monoisotopic (exact) mass is 864 g/mol. The number of hydrogen-bond donors (Lipinski definition) is 0. The van der Waals surface area contributed by atoms with E-state index >= 15 is 0 Å². The molecule has 1 atom stereocenters. The SMILES string of the molecule is c1ccc(-c2ccc(C(c3ccc4c(c3)C(c3ccccc3)(c3ccccc3)c3ccccc3-4)c3cccc4c3Cc3c-4cc4ccccc4c3-c3cccc4c3oc3ccccc34)cc2)cc1. The van der Waals surface area contributed by atoms with Crippen LogP contribution in [0.25, 0.3) is 77.2 Å². The van der Waals surface area contributed by atoms with Crippen LogP contribution >= 0.6 is 0 Å². The van der Waals surface area contributed by atoms with E-state index in [0.717, 1.165) is 33.9 Å². The van der Waals surface area contributed by atoms with E-state index in [9.17, 15) is 0 Å². The fourth-order valence-corrected chi connectivity index (χ4v) is 12.3. The lowest BCUT2D eigenvalue weighted by Crippen LogP contribution is -2.28. The molecule has 0 saturated carbocycles. The van der Waals surface area contributed by atoms with Crippen LogP contribution in [0.4, 0.5) is 0 Å². The highest BCUT2D eigenvalue weighted by Gasteiger charge is 2.46. The smallest absolute Gasteiger partial charge is 0.143 e. The van der Waals surface area contributed by atoms with E-state index in [4.69, 9.17) is 4.42 Å². The molecule has 0 fully saturated rings. The lowest BCUT2D eigenvalue weighted by molar-refractivity contribution is 0.670. The van der Waals surface area contributed by atoms with Crippen LogP contribution in [0.3, 0.4) is 0 Å². The molecule has 1 nitrogen and oxygen atoms in total. The first kappa shape index (κ1) is 38.7. The molecule has 1 unspecified atom stereocenters. The van der Waals surface area contributed by atoms with E-state index in [0.29, 0.717) is 0 Å². The van der Waals surface area contributed by atoms with Gasteiger partial charge in [0.15, 0.2) is 0 Å². The molecule has 1 heterocycles. The number of furan rings is 1. The van der Waals surface area contributed by atoms with Crippen LogP contribution in [0.1, 0.15) is 56.0 Å². The van der Waals surface area contributed by atoms with Gasteiger partial charge in [-0.15, -0.1) is 0 Å². The molecule has 1 heteroatoms. The molecule has 0 aliphatic heterocycles. The van der Waals surface area contributed by atoms with Gasteiger partial charge in [-0.2, -0.15) is 0 Å². The third-order valence-electron chi connectivity index (χ3n) is 15.2. The Bertz CT molecular complexity index is 3880. The van der Waals surface area contributed by atoms with E-state index in [1.165, 1.54) is 99.8 Å². The Morgan fingerprint density at radius 2 is 0.956 bits per heavy atom. The fourth-order valence-electron chi connectivity index (χ4n) is 12.3. The normalized spacial score (nSPS) is 13.6. The summed E-state index contributed by atoms with van der Waals surface area (Å²) < 4.78 is 6.78. The Kier molecular flexibility index (Phi) is 8.70. The van der Waals surface area contributed by atoms with Gasteiger partial charge in [0.05, 0.1) is 5.41 Å². The van der Waals surface area contributed by atoms with E-state index in [-0.39, 0.29) is 5.92 Å². The van der Waals surface area contributed by atoms with Gasteiger partial charge in [0.1, 0.15) is 11.2 Å². The lowest BCUT2D eigenvalue weighted by Gasteiger charge is -2.34. The second-order valence-electron chi connectivity index (χ2n) is 18.6. The third-order valence-corrected chi connectivity index (χ3v) is 15.2. The van der Waals surface area contributed by atoms with Crippen LogP contribution < -0.4 is 0 Å². The number of hydrogen-bond acceptors (Lipinski definition) is 1. The van der Waals surface area contributed by atoms with Crippen molar-refractivity contribution in [1.82, 2.24) is 0 Å². The van der Waals surface area contributed by atoms with Crippen LogP contribution in [-0.2, 0) is 11.8 Å². The van der Waals surface area contributed by atoms with Gasteiger partial charge in [0, 0.05) is 22.3 Å². The Labute approximate surface area is 396 Å². The second-order valence-corrected chi connectivity index (χ2v) is 18.6. The quantitative estimate of drug-likeness (QED) is 0.146. The summed E-state index contributed by atoms with van der Waals surface area (Å²) in [5.74, 6) is -0.0565. The van der Waals surface area contributed by atoms with Crippen LogP contribution in [0.15, 0.2) is 253 Å². The first-order chi connectivity index (χ1) is 33.7. The molecule has 68 heavy (non-hydrogen) atoms. The highest BCUT2D eigenvalue weighted by molar-refractivity contribution is 6.14. The van der Waals surface area contributed by atoms with Gasteiger partial charge in [-0.25, -0.2) is 0 Å². The van der Waals surface area contributed by atoms with Gasteiger partial charge in [-0.3, -0.25) is 0 Å². The minimum Gasteiger partial charge on any atom is -0.455 e. The van der Waals surface area contributed by atoms with E-state index in [2.05, 4.69) is 249 Å². The molecular formula is C67H44O. The summed E-state index contributed by atoms with van der Waals surface area (Å²) in [7, 11) is 0. The molecule has 2 aliphatic carbocycles. The molecule has 0 radical (unpaired) electrons. The van der Waals surface area contributed by atoms with Gasteiger partial charge >= 0.3 is 0 Å². The standard InChI is InChI=1S/C67H44O/c1-4-18-43(19-5-1)44-34-36-45(37-35-44)64(47-38-39-53-52-26-12-14-32-61(52)67(62(53)41-47,48-21-6-2-7-22-48)49-23-8-3-9-24-49)55-29-16-28-51-58-40-46-20-10-11-25-50(46)65(60(58)42-59(51)55)57-31-17-30-56-54-27-13-15-33-63(54)68-66(56)57/h1-41,64H,42H2. The molecule has 11 aromatic carbocycles. The lowest BCUT2D eigenvalue weighted by atomic mass is 9.67. The Morgan fingerprint density at radius 1 is 0.368 bits per heavy atom. The molecule has 0 bridgehead atoms. The predicted molar refractivity (Wildman–Crippen MR) is 281 cm³/mol. The molecule has 0 N–H and O–H groups in total. The summed E-state index contributed by atoms with van der Waals surface area (Å²) in [4.78, 5) is 0. The van der Waals surface area contributed by atoms with Crippen molar-refractivity contribution in [2.45, 2.75) is 17.8 Å². The van der Waals surface area contributed by atoms with Crippen molar-refractivity contribution >= 4 is 32.7 Å². The topological polar surface area (TPSA) is 13.1 Å². The van der Waals surface area contributed by atoms with Gasteiger partial charge in [0.25, 0.3) is 0 Å². The molecule has 0 saturated heterocycles. The number of benzene rings is 11. The van der Waals surface area contributed by atoms with Gasteiger partial charge in [0.2, 0.25) is 0 Å². The predicted octanol–water partition coefficient (Wildman–Crippen LogP) is 17.2. The van der Waals surface area contributed by atoms with Gasteiger partial charge < -0.3 is 4.42 Å². The zero-order valence-corrected chi connectivity index (χ0v) is 37.4. The van der Waals surface area contributed by atoms with Crippen LogP contribution in [-0.4, -0.2) is 0 Å². The molecule has 318 valence electrons. The Hall–Kier alpha value is -8.52. The first-order valence-electron chi connectivity index (χ1n) is 23.8. The highest BCUT2D eigenvalue weighted by Crippen LogP contribution is 2.57. The summed E-state index contributed by atoms with van der Waals surface area (Å²) in [6.07, 6.45) is 0.810. The molecule has 1 aromatic heterocycles. The largest absolute Gasteiger partial charge is 0.455 e. The average Bonchev–Trinajstić information content (AvgIpc) is 4.08. The minimum atomic E-state index is -0.506. The average molecular weight is 865 g/mol. The van der Waals surface area contributed by atoms with Crippen molar-refractivity contribution in [3.8, 4) is 44.5 Å². The molecule has 2 aliphatic rings. The molecule has 0 spiro atoms. The molecule has 14 rings (SSSR count). The van der Waals surface area contributed by atoms with Crippen molar-refractivity contribution in [3.05, 3.63) is 299 Å². The third kappa shape index (κ3) is 5.69. The number of fused-ring (bicyclic) bond motifs is 10. The van der Waals surface area contributed by atoms with Gasteiger partial charge in [-0.1, -0.05) is 237 Å². The van der Waals surface area contributed by atoms with E-state index in [1.54, 1.807) is 0 Å². The maximum absolute atomic E-state index is 6.78. The van der Waals surface area contributed by atoms with Crippen molar-refractivity contribution in [3.63, 3.8) is 0 Å². The van der Waals surface area contributed by atoms with E-state index in [1.807, 2.05) is 0 Å². The zero-order chi connectivity index (χ0) is 44.8. The minimum absolute atomic E-state index is 0.0565. The van der Waals surface area contributed by atoms with Crippen molar-refractivity contribution in [2.75, 3.05) is 0 Å². The summed E-state index contributed by atoms with van der Waals surface area (Å²) in [5, 5.41) is 4.78. The van der Waals surface area contributed by atoms with Crippen LogP contribution in [0, 0.1) is 0 Å². The second kappa shape index (κ2) is 15.3. The molecule has 0 amide bonds. The van der Waals surface area contributed by atoms with Crippen LogP contribution in [0.5, 0.6) is 0 Å². The maximum atomic E-state index is 6.78. The fraction of sp³-hybridized carbons (Fsp3) is 0.0448. The maximum Gasteiger partial charge on any atom is 0.143 e. The Balaban J connectivity index is 1.01. The highest BCUT2D eigenvalue weighted by atomic mass is 16.3. The van der Waals surface area contributed by atoms with Crippen LogP contribution in [0.2, 0.25) is 0 Å². The summed E-state index contributed by atoms with van der Waals surface area (Å²) in [6.45, 7) is 0. The summed E-state index contributed by atoms with van der Waals surface area (Å²) in [5.41, 5.74) is 23.2. The van der Waals surface area contributed by atoms with Gasteiger partial charge in [-0.05, 0) is 118 Å². The number of rotatable bonds is 7. The van der Waals surface area contributed by atoms with Crippen molar-refractivity contribution in [2.24, 2.45) is 0 Å². The van der Waals surface area contributed by atoms with E-state index < -0.39 is 5.41 Å². The Morgan fingerprint density at radius 3 is 1.75 bits per heavy atom. The zero-order valence-electron chi connectivity index (χ0n) is 37.4. The van der Waals surface area contributed by atoms with Crippen molar-refractivity contribution < 1.29 is 4.42 Å².